The maximum atomic E-state index is 5.65. The van der Waals surface area contributed by atoms with Crippen molar-refractivity contribution in [1.82, 2.24) is 4.98 Å². The first kappa shape index (κ1) is 13.2. The Morgan fingerprint density at radius 3 is 2.72 bits per heavy atom. The largest absolute Gasteiger partial charge is 0.330 e. The summed E-state index contributed by atoms with van der Waals surface area (Å²) in [7, 11) is 0. The fraction of sp³-hybridized carbons (Fsp3) is 0.400. The second kappa shape index (κ2) is 5.63. The van der Waals surface area contributed by atoms with E-state index >= 15 is 0 Å². The van der Waals surface area contributed by atoms with E-state index in [4.69, 9.17) is 10.7 Å². The zero-order valence-electron chi connectivity index (χ0n) is 11.2. The Morgan fingerprint density at radius 1 is 1.28 bits per heavy atom. The molecule has 0 saturated heterocycles. The lowest BCUT2D eigenvalue weighted by Crippen LogP contribution is -2.13. The maximum absolute atomic E-state index is 5.65. The van der Waals surface area contributed by atoms with Gasteiger partial charge < -0.3 is 5.73 Å². The first-order valence-corrected chi connectivity index (χ1v) is 7.20. The van der Waals surface area contributed by atoms with Gasteiger partial charge in [-0.15, -0.1) is 11.3 Å². The van der Waals surface area contributed by atoms with Crippen molar-refractivity contribution >= 4 is 11.3 Å². The Kier molecular flexibility index (Phi) is 4.15. The molecule has 0 aliphatic rings. The van der Waals surface area contributed by atoms with Crippen molar-refractivity contribution < 1.29 is 0 Å². The van der Waals surface area contributed by atoms with Gasteiger partial charge in [0.1, 0.15) is 5.01 Å². The van der Waals surface area contributed by atoms with Gasteiger partial charge in [0.2, 0.25) is 0 Å². The van der Waals surface area contributed by atoms with E-state index in [0.29, 0.717) is 5.92 Å². The van der Waals surface area contributed by atoms with Crippen LogP contribution in [0.5, 0.6) is 0 Å². The molecule has 1 heterocycles. The lowest BCUT2D eigenvalue weighted by molar-refractivity contribution is 0.586. The number of hydrogen-bond acceptors (Lipinski definition) is 3. The van der Waals surface area contributed by atoms with Crippen LogP contribution in [0.3, 0.4) is 0 Å². The normalized spacial score (nSPS) is 12.7. The Labute approximate surface area is 113 Å². The van der Waals surface area contributed by atoms with E-state index < -0.39 is 0 Å². The molecule has 1 atom stereocenters. The number of rotatable bonds is 4. The van der Waals surface area contributed by atoms with E-state index in [0.717, 1.165) is 23.7 Å². The number of nitrogens with zero attached hydrogens (tertiary/aromatic N) is 1. The molecule has 0 amide bonds. The van der Waals surface area contributed by atoms with Crippen LogP contribution in [-0.2, 0) is 6.42 Å². The summed E-state index contributed by atoms with van der Waals surface area (Å²) in [5, 5.41) is 3.26. The van der Waals surface area contributed by atoms with Gasteiger partial charge in [0.15, 0.2) is 0 Å². The molecule has 0 spiro atoms. The fourth-order valence-electron chi connectivity index (χ4n) is 1.85. The van der Waals surface area contributed by atoms with Crippen LogP contribution in [0.25, 0.3) is 10.6 Å². The molecule has 1 aromatic heterocycles. The summed E-state index contributed by atoms with van der Waals surface area (Å²) in [6.45, 7) is 7.16. The Morgan fingerprint density at radius 2 is 2.06 bits per heavy atom. The molecule has 2 nitrogen and oxygen atoms in total. The molecule has 2 rings (SSSR count). The third-order valence-electron chi connectivity index (χ3n) is 3.27. The molecular weight excluding hydrogens is 240 g/mol. The van der Waals surface area contributed by atoms with Crippen molar-refractivity contribution in [2.45, 2.75) is 27.2 Å². The highest BCUT2D eigenvalue weighted by molar-refractivity contribution is 7.13. The molecule has 96 valence electrons. The van der Waals surface area contributed by atoms with Gasteiger partial charge >= 0.3 is 0 Å². The fourth-order valence-corrected chi connectivity index (χ4v) is 2.68. The van der Waals surface area contributed by atoms with Gasteiger partial charge in [-0.1, -0.05) is 19.1 Å². The van der Waals surface area contributed by atoms with E-state index in [-0.39, 0.29) is 0 Å². The van der Waals surface area contributed by atoms with E-state index in [9.17, 15) is 0 Å². The van der Waals surface area contributed by atoms with Crippen LogP contribution in [0.2, 0.25) is 0 Å². The number of aryl methyl sites for hydroxylation is 2. The number of nitrogens with two attached hydrogens (primary N) is 1. The highest BCUT2D eigenvalue weighted by atomic mass is 32.1. The number of hydrogen-bond donors (Lipinski definition) is 1. The highest BCUT2D eigenvalue weighted by Gasteiger charge is 2.08. The molecule has 0 saturated carbocycles. The summed E-state index contributed by atoms with van der Waals surface area (Å²) in [4.78, 5) is 4.70. The molecule has 18 heavy (non-hydrogen) atoms. The van der Waals surface area contributed by atoms with Crippen LogP contribution in [-0.4, -0.2) is 11.5 Å². The van der Waals surface area contributed by atoms with Crippen LogP contribution in [0, 0.1) is 19.8 Å². The summed E-state index contributed by atoms with van der Waals surface area (Å²) >= 11 is 1.72. The quantitative estimate of drug-likeness (QED) is 0.913. The van der Waals surface area contributed by atoms with Crippen LogP contribution in [0.15, 0.2) is 23.6 Å². The van der Waals surface area contributed by atoms with Crippen molar-refractivity contribution in [3.05, 3.63) is 40.4 Å². The van der Waals surface area contributed by atoms with Crippen molar-refractivity contribution in [2.24, 2.45) is 11.7 Å². The van der Waals surface area contributed by atoms with E-state index in [1.807, 2.05) is 0 Å². The van der Waals surface area contributed by atoms with E-state index in [2.05, 4.69) is 44.4 Å². The van der Waals surface area contributed by atoms with Gasteiger partial charge in [0.25, 0.3) is 0 Å². The molecule has 1 unspecified atom stereocenters. The molecule has 0 bridgehead atoms. The predicted octanol–water partition coefficient (Wildman–Crippen LogP) is 3.56. The van der Waals surface area contributed by atoms with Gasteiger partial charge in [0.05, 0.1) is 5.69 Å². The average molecular weight is 260 g/mol. The van der Waals surface area contributed by atoms with Crippen LogP contribution in [0.1, 0.15) is 23.7 Å². The minimum Gasteiger partial charge on any atom is -0.330 e. The molecular formula is C15H20N2S. The first-order chi connectivity index (χ1) is 8.60. The van der Waals surface area contributed by atoms with Gasteiger partial charge in [-0.3, -0.25) is 0 Å². The summed E-state index contributed by atoms with van der Waals surface area (Å²) in [5.41, 5.74) is 10.7. The monoisotopic (exact) mass is 260 g/mol. The predicted molar refractivity (Wildman–Crippen MR) is 78.9 cm³/mol. The SMILES string of the molecule is Cc1ccc(-c2nc(CC(C)CN)cs2)cc1C. The zero-order chi connectivity index (χ0) is 13.1. The van der Waals surface area contributed by atoms with Crippen LogP contribution in [0.4, 0.5) is 0 Å². The second-order valence-electron chi connectivity index (χ2n) is 4.99. The zero-order valence-corrected chi connectivity index (χ0v) is 12.1. The average Bonchev–Trinajstić information content (AvgIpc) is 2.81. The lowest BCUT2D eigenvalue weighted by Gasteiger charge is -2.04. The van der Waals surface area contributed by atoms with Crippen molar-refractivity contribution in [3.8, 4) is 10.6 Å². The minimum atomic E-state index is 0.500. The van der Waals surface area contributed by atoms with Gasteiger partial charge in [-0.05, 0) is 49.9 Å². The molecule has 0 radical (unpaired) electrons. The number of thiazole rings is 1. The van der Waals surface area contributed by atoms with Gasteiger partial charge in [-0.25, -0.2) is 4.98 Å². The molecule has 0 aliphatic carbocycles. The number of aromatic nitrogens is 1. The summed E-state index contributed by atoms with van der Waals surface area (Å²) in [6, 6.07) is 6.52. The second-order valence-corrected chi connectivity index (χ2v) is 5.85. The Bertz CT molecular complexity index is 531. The Hall–Kier alpha value is -1.19. The van der Waals surface area contributed by atoms with Gasteiger partial charge in [-0.2, -0.15) is 0 Å². The van der Waals surface area contributed by atoms with E-state index in [1.54, 1.807) is 11.3 Å². The summed E-state index contributed by atoms with van der Waals surface area (Å²) in [5.74, 6) is 0.500. The summed E-state index contributed by atoms with van der Waals surface area (Å²) in [6.07, 6.45) is 0.970. The molecule has 0 fully saturated rings. The van der Waals surface area contributed by atoms with E-state index in [1.165, 1.54) is 16.7 Å². The third-order valence-corrected chi connectivity index (χ3v) is 4.21. The van der Waals surface area contributed by atoms with Crippen LogP contribution < -0.4 is 5.73 Å². The van der Waals surface area contributed by atoms with Gasteiger partial charge in [0, 0.05) is 10.9 Å². The van der Waals surface area contributed by atoms with Crippen LogP contribution >= 0.6 is 11.3 Å². The molecule has 2 aromatic rings. The standard InChI is InChI=1S/C15H20N2S/c1-10(8-16)6-14-9-18-15(17-14)13-5-4-11(2)12(3)7-13/h4-5,7,9-10H,6,8,16H2,1-3H3. The Balaban J connectivity index is 2.21. The topological polar surface area (TPSA) is 38.9 Å². The third kappa shape index (κ3) is 2.98. The molecule has 1 aromatic carbocycles. The van der Waals surface area contributed by atoms with Crippen molar-refractivity contribution in [1.29, 1.82) is 0 Å². The molecule has 3 heteroatoms. The maximum Gasteiger partial charge on any atom is 0.123 e. The highest BCUT2D eigenvalue weighted by Crippen LogP contribution is 2.26. The van der Waals surface area contributed by atoms with Crippen molar-refractivity contribution in [3.63, 3.8) is 0 Å². The van der Waals surface area contributed by atoms with Crippen molar-refractivity contribution in [2.75, 3.05) is 6.54 Å². The smallest absolute Gasteiger partial charge is 0.123 e. The lowest BCUT2D eigenvalue weighted by atomic mass is 10.1. The minimum absolute atomic E-state index is 0.500. The molecule has 2 N–H and O–H groups in total. The summed E-state index contributed by atoms with van der Waals surface area (Å²) < 4.78 is 0. The first-order valence-electron chi connectivity index (χ1n) is 6.32. The number of benzene rings is 1. The molecule has 0 aliphatic heterocycles.